The molecule has 2 heterocycles. The molecule has 0 aliphatic rings. The van der Waals surface area contributed by atoms with Gasteiger partial charge >= 0.3 is 0 Å². The Morgan fingerprint density at radius 1 is 1.18 bits per heavy atom. The van der Waals surface area contributed by atoms with Gasteiger partial charge in [0, 0.05) is 23.5 Å². The van der Waals surface area contributed by atoms with Gasteiger partial charge in [-0.15, -0.1) is 0 Å². The highest BCUT2D eigenvalue weighted by atomic mass is 16.5. The van der Waals surface area contributed by atoms with Crippen LogP contribution in [0, 0.1) is 0 Å². The molecule has 0 saturated carbocycles. The van der Waals surface area contributed by atoms with Gasteiger partial charge in [0.15, 0.2) is 17.1 Å². The number of hydrogen-bond acceptors (Lipinski definition) is 4. The first-order valence-corrected chi connectivity index (χ1v) is 7.00. The summed E-state index contributed by atoms with van der Waals surface area (Å²) in [6, 6.07) is 7.16. The first-order valence-electron chi connectivity index (χ1n) is 7.00. The van der Waals surface area contributed by atoms with Crippen molar-refractivity contribution in [2.45, 2.75) is 13.3 Å². The topological polar surface area (TPSA) is 68.6 Å². The van der Waals surface area contributed by atoms with Gasteiger partial charge in [-0.3, -0.25) is 9.89 Å². The molecule has 0 amide bonds. The zero-order valence-corrected chi connectivity index (χ0v) is 12.7. The summed E-state index contributed by atoms with van der Waals surface area (Å²) in [6.07, 6.45) is 2.48. The molecular formula is C16H17N3O3. The fourth-order valence-corrected chi connectivity index (χ4v) is 2.43. The zero-order valence-electron chi connectivity index (χ0n) is 12.7. The molecule has 0 unspecified atom stereocenters. The van der Waals surface area contributed by atoms with E-state index in [0.717, 1.165) is 16.8 Å². The second-order valence-electron chi connectivity index (χ2n) is 4.86. The molecular weight excluding hydrogens is 282 g/mol. The number of ether oxygens (including phenoxy) is 2. The number of rotatable bonds is 4. The van der Waals surface area contributed by atoms with Crippen LogP contribution in [-0.2, 0) is 6.42 Å². The van der Waals surface area contributed by atoms with E-state index in [1.165, 1.54) is 4.52 Å². The average molecular weight is 299 g/mol. The SMILES string of the molecule is CCc1cc(=O)n2[nH]cc(-c3ccc(OC)c(OC)c3)c2n1. The molecule has 1 aromatic carbocycles. The lowest BCUT2D eigenvalue weighted by atomic mass is 10.1. The van der Waals surface area contributed by atoms with Gasteiger partial charge in [-0.05, 0) is 24.1 Å². The van der Waals surface area contributed by atoms with Crippen LogP contribution in [-0.4, -0.2) is 28.8 Å². The number of benzene rings is 1. The number of hydrogen-bond donors (Lipinski definition) is 1. The van der Waals surface area contributed by atoms with Crippen molar-refractivity contribution in [3.05, 3.63) is 46.5 Å². The molecule has 0 saturated heterocycles. The van der Waals surface area contributed by atoms with Crippen molar-refractivity contribution in [3.63, 3.8) is 0 Å². The van der Waals surface area contributed by atoms with Gasteiger partial charge in [0.1, 0.15) is 0 Å². The van der Waals surface area contributed by atoms with E-state index < -0.39 is 0 Å². The van der Waals surface area contributed by atoms with Crippen molar-refractivity contribution < 1.29 is 9.47 Å². The third kappa shape index (κ3) is 2.22. The Bertz CT molecular complexity index is 880. The van der Waals surface area contributed by atoms with E-state index >= 15 is 0 Å². The third-order valence-electron chi connectivity index (χ3n) is 3.61. The van der Waals surface area contributed by atoms with Crippen molar-refractivity contribution in [3.8, 4) is 22.6 Å². The predicted molar refractivity (Wildman–Crippen MR) is 83.7 cm³/mol. The standard InChI is InChI=1S/C16H17N3O3/c1-4-11-8-15(20)19-16(18-11)12(9-17-19)10-5-6-13(21-2)14(7-10)22-3/h5-9,17H,4H2,1-3H3. The fraction of sp³-hybridized carbons (Fsp3) is 0.250. The summed E-state index contributed by atoms with van der Waals surface area (Å²) in [5, 5.41) is 2.94. The van der Waals surface area contributed by atoms with Crippen molar-refractivity contribution >= 4 is 5.65 Å². The highest BCUT2D eigenvalue weighted by Gasteiger charge is 2.13. The van der Waals surface area contributed by atoms with E-state index in [2.05, 4.69) is 10.1 Å². The van der Waals surface area contributed by atoms with Crippen molar-refractivity contribution in [2.24, 2.45) is 0 Å². The van der Waals surface area contributed by atoms with Gasteiger partial charge in [-0.1, -0.05) is 13.0 Å². The molecule has 2 aromatic heterocycles. The summed E-state index contributed by atoms with van der Waals surface area (Å²) in [6.45, 7) is 1.97. The molecule has 0 spiro atoms. The minimum Gasteiger partial charge on any atom is -0.493 e. The van der Waals surface area contributed by atoms with Gasteiger partial charge in [0.2, 0.25) is 0 Å². The molecule has 0 aliphatic carbocycles. The number of nitrogens with one attached hydrogen (secondary N) is 1. The molecule has 3 rings (SSSR count). The summed E-state index contributed by atoms with van der Waals surface area (Å²) >= 11 is 0. The summed E-state index contributed by atoms with van der Waals surface area (Å²) in [7, 11) is 3.19. The first kappa shape index (κ1) is 14.2. The van der Waals surface area contributed by atoms with E-state index in [4.69, 9.17) is 9.47 Å². The van der Waals surface area contributed by atoms with E-state index in [1.807, 2.05) is 25.1 Å². The van der Waals surface area contributed by atoms with Crippen LogP contribution in [0.1, 0.15) is 12.6 Å². The van der Waals surface area contributed by atoms with Gasteiger partial charge in [0.05, 0.1) is 14.2 Å². The third-order valence-corrected chi connectivity index (χ3v) is 3.61. The highest BCUT2D eigenvalue weighted by Crippen LogP contribution is 2.33. The molecule has 6 nitrogen and oxygen atoms in total. The number of fused-ring (bicyclic) bond motifs is 1. The summed E-state index contributed by atoms with van der Waals surface area (Å²) in [4.78, 5) is 16.6. The Hall–Kier alpha value is -2.76. The fourth-order valence-electron chi connectivity index (χ4n) is 2.43. The highest BCUT2D eigenvalue weighted by molar-refractivity contribution is 5.78. The summed E-state index contributed by atoms with van der Waals surface area (Å²) < 4.78 is 12.0. The van der Waals surface area contributed by atoms with Gasteiger partial charge in [-0.2, -0.15) is 0 Å². The van der Waals surface area contributed by atoms with Crippen LogP contribution in [0.3, 0.4) is 0 Å². The van der Waals surface area contributed by atoms with E-state index in [-0.39, 0.29) is 5.56 Å². The maximum Gasteiger partial charge on any atom is 0.272 e. The maximum absolute atomic E-state index is 12.1. The lowest BCUT2D eigenvalue weighted by Gasteiger charge is -2.09. The molecule has 3 aromatic rings. The molecule has 22 heavy (non-hydrogen) atoms. The van der Waals surface area contributed by atoms with E-state index in [0.29, 0.717) is 23.6 Å². The molecule has 0 fully saturated rings. The molecule has 114 valence electrons. The minimum atomic E-state index is -0.117. The van der Waals surface area contributed by atoms with E-state index in [9.17, 15) is 4.79 Å². The second kappa shape index (κ2) is 5.55. The maximum atomic E-state index is 12.1. The number of nitrogens with zero attached hydrogens (tertiary/aromatic N) is 2. The van der Waals surface area contributed by atoms with Crippen LogP contribution in [0.15, 0.2) is 35.3 Å². The summed E-state index contributed by atoms with van der Waals surface area (Å²) in [5.74, 6) is 1.29. The monoisotopic (exact) mass is 299 g/mol. The molecule has 0 radical (unpaired) electrons. The number of aromatic nitrogens is 3. The largest absolute Gasteiger partial charge is 0.493 e. The Morgan fingerprint density at radius 3 is 2.64 bits per heavy atom. The lowest BCUT2D eigenvalue weighted by molar-refractivity contribution is 0.355. The lowest BCUT2D eigenvalue weighted by Crippen LogP contribution is -2.15. The predicted octanol–water partition coefficient (Wildman–Crippen LogP) is 2.27. The second-order valence-corrected chi connectivity index (χ2v) is 4.86. The van der Waals surface area contributed by atoms with Gasteiger partial charge in [-0.25, -0.2) is 9.50 Å². The Balaban J connectivity index is 2.22. The number of aromatic amines is 1. The van der Waals surface area contributed by atoms with Crippen molar-refractivity contribution in [1.82, 2.24) is 14.6 Å². The quantitative estimate of drug-likeness (QED) is 0.802. The van der Waals surface area contributed by atoms with Gasteiger partial charge in [0.25, 0.3) is 5.56 Å². The van der Waals surface area contributed by atoms with Crippen LogP contribution in [0.2, 0.25) is 0 Å². The van der Waals surface area contributed by atoms with Crippen LogP contribution in [0.4, 0.5) is 0 Å². The number of methoxy groups -OCH3 is 2. The Labute approximate surface area is 127 Å². The number of aryl methyl sites for hydroxylation is 1. The van der Waals surface area contributed by atoms with Crippen LogP contribution >= 0.6 is 0 Å². The van der Waals surface area contributed by atoms with E-state index in [1.54, 1.807) is 26.5 Å². The summed E-state index contributed by atoms with van der Waals surface area (Å²) in [5.41, 5.74) is 3.00. The smallest absolute Gasteiger partial charge is 0.272 e. The Morgan fingerprint density at radius 2 is 1.95 bits per heavy atom. The number of H-pyrrole nitrogens is 1. The minimum absolute atomic E-state index is 0.117. The van der Waals surface area contributed by atoms with Crippen LogP contribution < -0.4 is 15.0 Å². The van der Waals surface area contributed by atoms with Crippen molar-refractivity contribution in [1.29, 1.82) is 0 Å². The van der Waals surface area contributed by atoms with Crippen LogP contribution in [0.5, 0.6) is 11.5 Å². The molecule has 0 bridgehead atoms. The van der Waals surface area contributed by atoms with Crippen molar-refractivity contribution in [2.75, 3.05) is 14.2 Å². The molecule has 0 atom stereocenters. The first-order chi connectivity index (χ1) is 10.7. The molecule has 6 heteroatoms. The average Bonchev–Trinajstić information content (AvgIpc) is 2.98. The molecule has 0 aliphatic heterocycles. The zero-order chi connectivity index (χ0) is 15.7. The van der Waals surface area contributed by atoms with Gasteiger partial charge < -0.3 is 9.47 Å². The Kier molecular flexibility index (Phi) is 3.58. The normalized spacial score (nSPS) is 10.9. The van der Waals surface area contributed by atoms with Crippen LogP contribution in [0.25, 0.3) is 16.8 Å². The molecule has 1 N–H and O–H groups in total.